The second-order valence-electron chi connectivity index (χ2n) is 4.25. The van der Waals surface area contributed by atoms with E-state index in [9.17, 15) is 4.39 Å². The molecule has 5 N–H and O–H groups in total. The van der Waals surface area contributed by atoms with Crippen molar-refractivity contribution in [3.63, 3.8) is 0 Å². The largest absolute Gasteiger partial charge is 0.409 e. The van der Waals surface area contributed by atoms with E-state index in [4.69, 9.17) is 16.0 Å². The fourth-order valence-corrected chi connectivity index (χ4v) is 1.67. The number of nitrogens with two attached hydrogens (primary N) is 1. The first-order valence-electron chi connectivity index (χ1n) is 6.27. The Bertz CT molecular complexity index is 424. The minimum absolute atomic E-state index is 0.109. The maximum absolute atomic E-state index is 13.7. The van der Waals surface area contributed by atoms with E-state index in [2.05, 4.69) is 10.5 Å². The lowest BCUT2D eigenvalue weighted by Crippen LogP contribution is -2.17. The molecule has 106 valence electrons. The summed E-state index contributed by atoms with van der Waals surface area (Å²) >= 11 is 0. The third kappa shape index (κ3) is 5.23. The van der Waals surface area contributed by atoms with Crippen LogP contribution in [0.5, 0.6) is 0 Å². The van der Waals surface area contributed by atoms with Gasteiger partial charge in [0.1, 0.15) is 5.82 Å². The van der Waals surface area contributed by atoms with Crippen molar-refractivity contribution in [1.29, 1.82) is 0 Å². The Morgan fingerprint density at radius 2 is 2.11 bits per heavy atom. The number of hydrogen-bond donors (Lipinski definition) is 4. The predicted octanol–water partition coefficient (Wildman–Crippen LogP) is 1.17. The van der Waals surface area contributed by atoms with Crippen LogP contribution in [0, 0.1) is 5.82 Å². The molecule has 0 aliphatic carbocycles. The quantitative estimate of drug-likeness (QED) is 0.187. The molecule has 0 heterocycles. The number of unbranched alkanes of at least 4 members (excludes halogenated alkanes) is 2. The molecule has 0 aliphatic rings. The zero-order valence-electron chi connectivity index (χ0n) is 10.8. The molecule has 0 unspecified atom stereocenters. The van der Waals surface area contributed by atoms with Gasteiger partial charge in [0.05, 0.1) is 0 Å². The molecule has 6 heteroatoms. The van der Waals surface area contributed by atoms with Crippen molar-refractivity contribution in [3.05, 3.63) is 35.1 Å². The topological polar surface area (TPSA) is 90.9 Å². The number of aliphatic hydroxyl groups excluding tert-OH is 1. The maximum Gasteiger partial charge on any atom is 0.170 e. The molecule has 0 spiro atoms. The molecule has 1 aromatic rings. The molecule has 0 aliphatic heterocycles. The Morgan fingerprint density at radius 1 is 1.32 bits per heavy atom. The van der Waals surface area contributed by atoms with Crippen molar-refractivity contribution in [3.8, 4) is 0 Å². The van der Waals surface area contributed by atoms with Crippen LogP contribution in [-0.4, -0.2) is 29.3 Å². The fraction of sp³-hybridized carbons (Fsp3) is 0.462. The standard InChI is InChI=1S/C13H20FN3O2/c14-12-8-10(13(15)17-19)4-5-11(12)9-16-6-2-1-3-7-18/h4-5,8,16,18-19H,1-3,6-7,9H2,(H2,15,17). The van der Waals surface area contributed by atoms with Crippen molar-refractivity contribution in [1.82, 2.24) is 5.32 Å². The zero-order valence-corrected chi connectivity index (χ0v) is 10.8. The summed E-state index contributed by atoms with van der Waals surface area (Å²) < 4.78 is 13.7. The summed E-state index contributed by atoms with van der Waals surface area (Å²) in [5.41, 5.74) is 6.27. The molecule has 19 heavy (non-hydrogen) atoms. The Kier molecular flexibility index (Phi) is 6.84. The number of halogens is 1. The van der Waals surface area contributed by atoms with Gasteiger partial charge in [-0.3, -0.25) is 0 Å². The number of benzene rings is 1. The van der Waals surface area contributed by atoms with Crippen LogP contribution in [0.3, 0.4) is 0 Å². The lowest BCUT2D eigenvalue weighted by atomic mass is 10.1. The van der Waals surface area contributed by atoms with Crippen LogP contribution < -0.4 is 11.1 Å². The van der Waals surface area contributed by atoms with E-state index in [-0.39, 0.29) is 18.3 Å². The highest BCUT2D eigenvalue weighted by atomic mass is 19.1. The smallest absolute Gasteiger partial charge is 0.170 e. The summed E-state index contributed by atoms with van der Waals surface area (Å²) in [6, 6.07) is 4.47. The lowest BCUT2D eigenvalue weighted by molar-refractivity contribution is 0.283. The summed E-state index contributed by atoms with van der Waals surface area (Å²) in [5, 5.41) is 23.1. The average Bonchev–Trinajstić information content (AvgIpc) is 2.43. The first-order chi connectivity index (χ1) is 9.19. The first-order valence-corrected chi connectivity index (χ1v) is 6.27. The lowest BCUT2D eigenvalue weighted by Gasteiger charge is -2.07. The summed E-state index contributed by atoms with van der Waals surface area (Å²) in [5.74, 6) is -0.491. The highest BCUT2D eigenvalue weighted by Gasteiger charge is 2.06. The van der Waals surface area contributed by atoms with Crippen LogP contribution in [0.1, 0.15) is 30.4 Å². The van der Waals surface area contributed by atoms with Gasteiger partial charge in [0.15, 0.2) is 5.84 Å². The van der Waals surface area contributed by atoms with Gasteiger partial charge in [-0.05, 0) is 31.9 Å². The molecule has 0 amide bonds. The summed E-state index contributed by atoms with van der Waals surface area (Å²) in [6.45, 7) is 1.42. The maximum atomic E-state index is 13.7. The Labute approximate surface area is 111 Å². The molecule has 0 saturated carbocycles. The van der Waals surface area contributed by atoms with Crippen molar-refractivity contribution in [2.45, 2.75) is 25.8 Å². The second kappa shape index (κ2) is 8.44. The predicted molar refractivity (Wildman–Crippen MR) is 71.6 cm³/mol. The van der Waals surface area contributed by atoms with E-state index in [1.54, 1.807) is 12.1 Å². The zero-order chi connectivity index (χ0) is 14.1. The van der Waals surface area contributed by atoms with Crippen molar-refractivity contribution in [2.24, 2.45) is 10.9 Å². The molecular weight excluding hydrogens is 249 g/mol. The monoisotopic (exact) mass is 269 g/mol. The van der Waals surface area contributed by atoms with Crippen molar-refractivity contribution >= 4 is 5.84 Å². The molecule has 0 radical (unpaired) electrons. The normalized spacial score (nSPS) is 11.8. The van der Waals surface area contributed by atoms with Crippen LogP contribution in [-0.2, 0) is 6.54 Å². The number of nitrogens with one attached hydrogen (secondary N) is 1. The van der Waals surface area contributed by atoms with Gasteiger partial charge in [-0.1, -0.05) is 17.3 Å². The Balaban J connectivity index is 2.43. The molecule has 1 rings (SSSR count). The van der Waals surface area contributed by atoms with Gasteiger partial charge in [-0.25, -0.2) is 4.39 Å². The van der Waals surface area contributed by atoms with E-state index in [1.807, 2.05) is 0 Å². The van der Waals surface area contributed by atoms with Gasteiger partial charge in [0.2, 0.25) is 0 Å². The Hall–Kier alpha value is -1.66. The van der Waals surface area contributed by atoms with Crippen LogP contribution in [0.15, 0.2) is 23.4 Å². The van der Waals surface area contributed by atoms with Gasteiger partial charge in [-0.15, -0.1) is 0 Å². The van der Waals surface area contributed by atoms with Gasteiger partial charge >= 0.3 is 0 Å². The number of rotatable bonds is 8. The van der Waals surface area contributed by atoms with Crippen molar-refractivity contribution < 1.29 is 14.7 Å². The van der Waals surface area contributed by atoms with Gasteiger partial charge in [0, 0.05) is 24.3 Å². The van der Waals surface area contributed by atoms with E-state index in [1.165, 1.54) is 6.07 Å². The molecule has 0 aromatic heterocycles. The molecule has 1 aromatic carbocycles. The van der Waals surface area contributed by atoms with Crippen LogP contribution >= 0.6 is 0 Å². The SMILES string of the molecule is N/C(=N/O)c1ccc(CNCCCCCO)c(F)c1. The third-order valence-corrected chi connectivity index (χ3v) is 2.78. The summed E-state index contributed by atoms with van der Waals surface area (Å²) in [7, 11) is 0. The Morgan fingerprint density at radius 3 is 2.74 bits per heavy atom. The van der Waals surface area contributed by atoms with Crippen molar-refractivity contribution in [2.75, 3.05) is 13.2 Å². The number of oxime groups is 1. The average molecular weight is 269 g/mol. The molecule has 0 fully saturated rings. The number of aliphatic hydroxyl groups is 1. The minimum atomic E-state index is -0.382. The molecule has 0 saturated heterocycles. The second-order valence-corrected chi connectivity index (χ2v) is 4.25. The number of nitrogens with zero attached hydrogens (tertiary/aromatic N) is 1. The summed E-state index contributed by atoms with van der Waals surface area (Å²) in [6.07, 6.45) is 2.70. The number of hydrogen-bond acceptors (Lipinski definition) is 4. The highest BCUT2D eigenvalue weighted by molar-refractivity contribution is 5.97. The summed E-state index contributed by atoms with van der Waals surface area (Å²) in [4.78, 5) is 0. The molecular formula is C13H20FN3O2. The van der Waals surface area contributed by atoms with E-state index in [0.717, 1.165) is 25.8 Å². The number of amidine groups is 1. The minimum Gasteiger partial charge on any atom is -0.409 e. The van der Waals surface area contributed by atoms with Gasteiger partial charge < -0.3 is 21.4 Å². The molecule has 5 nitrogen and oxygen atoms in total. The third-order valence-electron chi connectivity index (χ3n) is 2.78. The van der Waals surface area contributed by atoms with E-state index < -0.39 is 0 Å². The van der Waals surface area contributed by atoms with Crippen LogP contribution in [0.2, 0.25) is 0 Å². The van der Waals surface area contributed by atoms with Gasteiger partial charge in [-0.2, -0.15) is 0 Å². The van der Waals surface area contributed by atoms with Crippen LogP contribution in [0.4, 0.5) is 4.39 Å². The molecule has 0 atom stereocenters. The molecule has 0 bridgehead atoms. The van der Waals surface area contributed by atoms with E-state index >= 15 is 0 Å². The van der Waals surface area contributed by atoms with Gasteiger partial charge in [0.25, 0.3) is 0 Å². The first kappa shape index (κ1) is 15.4. The van der Waals surface area contributed by atoms with E-state index in [0.29, 0.717) is 17.7 Å². The van der Waals surface area contributed by atoms with Crippen LogP contribution in [0.25, 0.3) is 0 Å². The fourth-order valence-electron chi connectivity index (χ4n) is 1.67. The highest BCUT2D eigenvalue weighted by Crippen LogP contribution is 2.10.